The van der Waals surface area contributed by atoms with Gasteiger partial charge in [-0.2, -0.15) is 10.2 Å². The van der Waals surface area contributed by atoms with Gasteiger partial charge in [0.2, 0.25) is 0 Å². The van der Waals surface area contributed by atoms with Crippen molar-refractivity contribution in [2.45, 2.75) is 13.8 Å². The summed E-state index contributed by atoms with van der Waals surface area (Å²) in [7, 11) is 0. The van der Waals surface area contributed by atoms with Crippen LogP contribution < -0.4 is 5.43 Å². The molecule has 2 aromatic carbocycles. The van der Waals surface area contributed by atoms with Gasteiger partial charge in [-0.25, -0.2) is 10.1 Å². The number of nitrogens with zero attached hydrogens (tertiary/aromatic N) is 3. The molecule has 6 nitrogen and oxygen atoms in total. The molecule has 3 aromatic rings. The maximum atomic E-state index is 12.1. The summed E-state index contributed by atoms with van der Waals surface area (Å²) in [6.45, 7) is 3.80. The summed E-state index contributed by atoms with van der Waals surface area (Å²) in [5.74, 6) is -0.710. The molecule has 0 unspecified atom stereocenters. The zero-order valence-corrected chi connectivity index (χ0v) is 15.0. The third kappa shape index (κ3) is 3.60. The van der Waals surface area contributed by atoms with Gasteiger partial charge in [-0.3, -0.25) is 4.79 Å². The van der Waals surface area contributed by atoms with Crippen molar-refractivity contribution in [3.8, 4) is 11.4 Å². The predicted octanol–water partition coefficient (Wildman–Crippen LogP) is 3.61. The molecule has 0 bridgehead atoms. The normalized spacial score (nSPS) is 11.0. The van der Waals surface area contributed by atoms with Gasteiger partial charge in [0.05, 0.1) is 28.9 Å². The van der Waals surface area contributed by atoms with Gasteiger partial charge in [-0.1, -0.05) is 29.8 Å². The van der Waals surface area contributed by atoms with E-state index in [4.69, 9.17) is 11.6 Å². The standard InChI is InChI=1S/C19H17ClN4O2/c1-12-17(13(2)24(23-12)15-6-4-3-5-7-15)11-21-22-19(26)16-10-14(20)8-9-18(16)25/h3-11,25H,1-2H3,(H,22,26)/b21-11+. The number of hydrogen-bond donors (Lipinski definition) is 2. The average molecular weight is 369 g/mol. The zero-order chi connectivity index (χ0) is 18.7. The first kappa shape index (κ1) is 17.7. The second-order valence-electron chi connectivity index (χ2n) is 5.69. The lowest BCUT2D eigenvalue weighted by atomic mass is 10.2. The van der Waals surface area contributed by atoms with Crippen molar-refractivity contribution in [2.24, 2.45) is 5.10 Å². The summed E-state index contributed by atoms with van der Waals surface area (Å²) in [6.07, 6.45) is 1.54. The molecular weight excluding hydrogens is 352 g/mol. The van der Waals surface area contributed by atoms with Crippen LogP contribution in [0, 0.1) is 13.8 Å². The molecule has 26 heavy (non-hydrogen) atoms. The largest absolute Gasteiger partial charge is 0.507 e. The minimum absolute atomic E-state index is 0.0584. The first-order chi connectivity index (χ1) is 12.5. The van der Waals surface area contributed by atoms with Crippen molar-refractivity contribution < 1.29 is 9.90 Å². The van der Waals surface area contributed by atoms with Crippen LogP contribution in [-0.2, 0) is 0 Å². The Morgan fingerprint density at radius 3 is 2.69 bits per heavy atom. The second kappa shape index (κ2) is 7.41. The van der Waals surface area contributed by atoms with E-state index in [0.717, 1.165) is 22.6 Å². The summed E-state index contributed by atoms with van der Waals surface area (Å²) >= 11 is 5.85. The maximum Gasteiger partial charge on any atom is 0.275 e. The molecule has 132 valence electrons. The molecule has 0 saturated heterocycles. The van der Waals surface area contributed by atoms with E-state index in [1.807, 2.05) is 48.9 Å². The molecule has 0 aliphatic heterocycles. The molecule has 0 radical (unpaired) electrons. The van der Waals surface area contributed by atoms with E-state index in [2.05, 4.69) is 15.6 Å². The molecule has 1 aromatic heterocycles. The number of hydrazone groups is 1. The van der Waals surface area contributed by atoms with Gasteiger partial charge in [0, 0.05) is 10.6 Å². The summed E-state index contributed by atoms with van der Waals surface area (Å²) in [6, 6.07) is 14.0. The fourth-order valence-corrected chi connectivity index (χ4v) is 2.74. The highest BCUT2D eigenvalue weighted by molar-refractivity contribution is 6.31. The first-order valence-corrected chi connectivity index (χ1v) is 8.28. The average Bonchev–Trinajstić information content (AvgIpc) is 2.92. The number of aryl methyl sites for hydroxylation is 1. The number of amides is 1. The molecule has 0 aliphatic rings. The number of halogens is 1. The molecule has 1 amide bonds. The topological polar surface area (TPSA) is 79.5 Å². The van der Waals surface area contributed by atoms with Crippen LogP contribution in [0.4, 0.5) is 0 Å². The van der Waals surface area contributed by atoms with Crippen molar-refractivity contribution in [1.82, 2.24) is 15.2 Å². The molecule has 0 saturated carbocycles. The molecular formula is C19H17ClN4O2. The number of hydrogen-bond acceptors (Lipinski definition) is 4. The van der Waals surface area contributed by atoms with E-state index < -0.39 is 5.91 Å². The lowest BCUT2D eigenvalue weighted by Crippen LogP contribution is -2.17. The fourth-order valence-electron chi connectivity index (χ4n) is 2.57. The van der Waals surface area contributed by atoms with Gasteiger partial charge in [-0.05, 0) is 44.2 Å². The first-order valence-electron chi connectivity index (χ1n) is 7.91. The fraction of sp³-hybridized carbons (Fsp3) is 0.105. The Balaban J connectivity index is 1.80. The van der Waals surface area contributed by atoms with E-state index >= 15 is 0 Å². The smallest absolute Gasteiger partial charge is 0.275 e. The number of carbonyl (C=O) groups is 1. The number of aromatic hydroxyl groups is 1. The predicted molar refractivity (Wildman–Crippen MR) is 101 cm³/mol. The third-order valence-electron chi connectivity index (χ3n) is 3.91. The molecule has 0 fully saturated rings. The minimum atomic E-state index is -0.549. The lowest BCUT2D eigenvalue weighted by Gasteiger charge is -2.04. The summed E-state index contributed by atoms with van der Waals surface area (Å²) in [4.78, 5) is 12.1. The number of phenols is 1. The van der Waals surface area contributed by atoms with Crippen LogP contribution in [0.1, 0.15) is 27.3 Å². The van der Waals surface area contributed by atoms with Gasteiger partial charge in [0.1, 0.15) is 5.75 Å². The highest BCUT2D eigenvalue weighted by Crippen LogP contribution is 2.21. The van der Waals surface area contributed by atoms with E-state index in [1.165, 1.54) is 24.4 Å². The van der Waals surface area contributed by atoms with Crippen molar-refractivity contribution in [1.29, 1.82) is 0 Å². The van der Waals surface area contributed by atoms with E-state index in [9.17, 15) is 9.90 Å². The number of benzene rings is 2. The Morgan fingerprint density at radius 2 is 1.96 bits per heavy atom. The van der Waals surface area contributed by atoms with Crippen LogP contribution in [-0.4, -0.2) is 27.0 Å². The number of para-hydroxylation sites is 1. The maximum absolute atomic E-state index is 12.1. The van der Waals surface area contributed by atoms with Crippen molar-refractivity contribution in [2.75, 3.05) is 0 Å². The second-order valence-corrected chi connectivity index (χ2v) is 6.13. The Morgan fingerprint density at radius 1 is 1.23 bits per heavy atom. The number of carbonyl (C=O) groups excluding carboxylic acids is 1. The third-order valence-corrected chi connectivity index (χ3v) is 4.15. The number of rotatable bonds is 4. The molecule has 7 heteroatoms. The quantitative estimate of drug-likeness (QED) is 0.545. The Kier molecular flexibility index (Phi) is 5.04. The zero-order valence-electron chi connectivity index (χ0n) is 14.3. The van der Waals surface area contributed by atoms with Crippen LogP contribution >= 0.6 is 11.6 Å². The molecule has 0 atom stereocenters. The monoisotopic (exact) mass is 368 g/mol. The van der Waals surface area contributed by atoms with Crippen LogP contribution in [0.2, 0.25) is 5.02 Å². The van der Waals surface area contributed by atoms with Crippen molar-refractivity contribution in [3.63, 3.8) is 0 Å². The van der Waals surface area contributed by atoms with Gasteiger partial charge >= 0.3 is 0 Å². The molecule has 0 aliphatic carbocycles. The van der Waals surface area contributed by atoms with Gasteiger partial charge in [-0.15, -0.1) is 0 Å². The molecule has 1 heterocycles. The summed E-state index contributed by atoms with van der Waals surface area (Å²) < 4.78 is 1.82. The molecule has 2 N–H and O–H groups in total. The summed E-state index contributed by atoms with van der Waals surface area (Å²) in [5, 5.41) is 18.6. The van der Waals surface area contributed by atoms with E-state index in [-0.39, 0.29) is 11.3 Å². The van der Waals surface area contributed by atoms with E-state index in [1.54, 1.807) is 0 Å². The number of nitrogens with one attached hydrogen (secondary N) is 1. The van der Waals surface area contributed by atoms with Gasteiger partial charge < -0.3 is 5.11 Å². The van der Waals surface area contributed by atoms with Crippen molar-refractivity contribution >= 4 is 23.7 Å². The summed E-state index contributed by atoms with van der Waals surface area (Å²) in [5.41, 5.74) is 5.89. The van der Waals surface area contributed by atoms with Crippen LogP contribution in [0.25, 0.3) is 5.69 Å². The minimum Gasteiger partial charge on any atom is -0.507 e. The van der Waals surface area contributed by atoms with Crippen LogP contribution in [0.5, 0.6) is 5.75 Å². The Bertz CT molecular complexity index is 981. The van der Waals surface area contributed by atoms with E-state index in [0.29, 0.717) is 5.02 Å². The SMILES string of the molecule is Cc1nn(-c2ccccc2)c(C)c1/C=N/NC(=O)c1cc(Cl)ccc1O. The number of aromatic nitrogens is 2. The highest BCUT2D eigenvalue weighted by atomic mass is 35.5. The Hall–Kier alpha value is -3.12. The van der Waals surface area contributed by atoms with Gasteiger partial charge in [0.15, 0.2) is 0 Å². The van der Waals surface area contributed by atoms with Gasteiger partial charge in [0.25, 0.3) is 5.91 Å². The Labute approximate surface area is 155 Å². The highest BCUT2D eigenvalue weighted by Gasteiger charge is 2.13. The lowest BCUT2D eigenvalue weighted by molar-refractivity contribution is 0.0952. The van der Waals surface area contributed by atoms with Crippen LogP contribution in [0.3, 0.4) is 0 Å². The molecule has 3 rings (SSSR count). The number of phenolic OH excluding ortho intramolecular Hbond substituents is 1. The van der Waals surface area contributed by atoms with Crippen molar-refractivity contribution in [3.05, 3.63) is 76.1 Å². The molecule has 0 spiro atoms. The van der Waals surface area contributed by atoms with Crippen LogP contribution in [0.15, 0.2) is 53.6 Å².